The van der Waals surface area contributed by atoms with Crippen molar-refractivity contribution >= 4 is 29.3 Å². The van der Waals surface area contributed by atoms with Gasteiger partial charge >= 0.3 is 0 Å². The molecule has 1 aromatic heterocycles. The summed E-state index contributed by atoms with van der Waals surface area (Å²) in [6.07, 6.45) is 4.42. The van der Waals surface area contributed by atoms with Crippen LogP contribution in [0.2, 0.25) is 0 Å². The van der Waals surface area contributed by atoms with Gasteiger partial charge in [0.05, 0.1) is 12.8 Å². The van der Waals surface area contributed by atoms with Crippen LogP contribution in [-0.4, -0.2) is 108 Å². The summed E-state index contributed by atoms with van der Waals surface area (Å²) in [4.78, 5) is 58.3. The van der Waals surface area contributed by atoms with E-state index in [-0.39, 0.29) is 41.9 Å². The number of rotatable bonds is 11. The third-order valence-corrected chi connectivity index (χ3v) is 9.31. The highest BCUT2D eigenvalue weighted by atomic mass is 16.5. The first-order chi connectivity index (χ1) is 23.3. The molecule has 0 unspecified atom stereocenters. The lowest BCUT2D eigenvalue weighted by atomic mass is 9.93. The minimum Gasteiger partial charge on any atom is -0.497 e. The van der Waals surface area contributed by atoms with E-state index in [1.165, 1.54) is 10.7 Å². The van der Waals surface area contributed by atoms with Gasteiger partial charge in [-0.1, -0.05) is 24.3 Å². The second-order valence-corrected chi connectivity index (χ2v) is 12.5. The third kappa shape index (κ3) is 7.40. The number of para-hydroxylation sites is 1. The van der Waals surface area contributed by atoms with Crippen molar-refractivity contribution < 1.29 is 28.7 Å². The van der Waals surface area contributed by atoms with Crippen LogP contribution in [0.3, 0.4) is 0 Å². The number of nitrogens with one attached hydrogen (secondary N) is 2. The van der Waals surface area contributed by atoms with Gasteiger partial charge in [-0.15, -0.1) is 0 Å². The molecule has 3 heterocycles. The molecule has 2 aromatic carbocycles. The number of methoxy groups -OCH3 is 1. The summed E-state index contributed by atoms with van der Waals surface area (Å²) in [6, 6.07) is 17.3. The van der Waals surface area contributed by atoms with Gasteiger partial charge < -0.3 is 34.8 Å². The largest absolute Gasteiger partial charge is 0.497 e. The number of carbonyl (C=O) groups excluding carboxylic acids is 4. The minimum absolute atomic E-state index is 0.0442. The number of aromatic nitrogens is 2. The van der Waals surface area contributed by atoms with E-state index in [9.17, 15) is 19.2 Å². The summed E-state index contributed by atoms with van der Waals surface area (Å²) < 4.78 is 12.8. The Morgan fingerprint density at radius 1 is 0.896 bits per heavy atom. The van der Waals surface area contributed by atoms with Gasteiger partial charge in [-0.25, -0.2) is 4.68 Å². The van der Waals surface area contributed by atoms with Crippen LogP contribution in [0.25, 0.3) is 5.69 Å². The number of hydrogen-bond donors (Lipinski definition) is 2. The van der Waals surface area contributed by atoms with Crippen LogP contribution < -0.4 is 25.0 Å². The zero-order valence-electron chi connectivity index (χ0n) is 27.5. The van der Waals surface area contributed by atoms with Crippen LogP contribution >= 0.6 is 0 Å². The molecule has 254 valence electrons. The van der Waals surface area contributed by atoms with Crippen LogP contribution in [-0.2, 0) is 14.4 Å². The predicted molar refractivity (Wildman–Crippen MR) is 178 cm³/mol. The fourth-order valence-electron chi connectivity index (χ4n) is 6.34. The Kier molecular flexibility index (Phi) is 10.1. The zero-order chi connectivity index (χ0) is 33.6. The molecule has 48 heavy (non-hydrogen) atoms. The topological polar surface area (TPSA) is 138 Å². The Morgan fingerprint density at radius 2 is 1.65 bits per heavy atom. The standard InChI is InChI=1S/C35H43N7O6/c1-24(35(46)40-19-17-39(18-20-40)27-13-7-14-28(21-27)47-2)36-33(44)29-22-32(42(38-29)26-11-4-3-5-12-26)48-23-31(43)41-16-8-15-30(41)34(45)37-25-9-6-10-25/h3-5,7,11-14,21-22,24-25,30H,6,8-10,15-20,23H2,1-2H3,(H,36,44)(H,37,45)/t24-,30+/m1/s1. The Hall–Kier alpha value is -5.07. The first kappa shape index (κ1) is 32.9. The summed E-state index contributed by atoms with van der Waals surface area (Å²) in [5.41, 5.74) is 1.71. The number of ether oxygens (including phenoxy) is 2. The molecule has 3 fully saturated rings. The molecule has 3 aliphatic rings. The fraction of sp³-hybridized carbons (Fsp3) is 0.457. The average molecular weight is 658 g/mol. The second kappa shape index (κ2) is 14.8. The van der Waals surface area contributed by atoms with Crippen molar-refractivity contribution in [1.29, 1.82) is 0 Å². The Labute approximate surface area is 280 Å². The number of amides is 4. The van der Waals surface area contributed by atoms with Gasteiger partial charge in [-0.05, 0) is 63.3 Å². The van der Waals surface area contributed by atoms with Crippen molar-refractivity contribution in [3.8, 4) is 17.3 Å². The number of nitrogens with zero attached hydrogens (tertiary/aromatic N) is 5. The van der Waals surface area contributed by atoms with E-state index >= 15 is 0 Å². The lowest BCUT2D eigenvalue weighted by Gasteiger charge is -2.37. The van der Waals surface area contributed by atoms with E-state index in [1.54, 1.807) is 23.8 Å². The first-order valence-electron chi connectivity index (χ1n) is 16.7. The number of likely N-dealkylation sites (tertiary alicyclic amines) is 1. The van der Waals surface area contributed by atoms with Gasteiger partial charge in [0.1, 0.15) is 17.8 Å². The summed E-state index contributed by atoms with van der Waals surface area (Å²) in [5, 5.41) is 10.3. The quantitative estimate of drug-likeness (QED) is 0.321. The summed E-state index contributed by atoms with van der Waals surface area (Å²) in [6.45, 7) is 4.18. The monoisotopic (exact) mass is 657 g/mol. The van der Waals surface area contributed by atoms with E-state index < -0.39 is 18.0 Å². The van der Waals surface area contributed by atoms with E-state index in [4.69, 9.17) is 9.47 Å². The average Bonchev–Trinajstić information content (AvgIpc) is 3.77. The SMILES string of the molecule is COc1cccc(N2CCN(C(=O)[C@@H](C)NC(=O)c3cc(OCC(=O)N4CCC[C@H]4C(=O)NC4CCC4)n(-c4ccccc4)n3)CC2)c1. The molecular formula is C35H43N7O6. The van der Waals surface area contributed by atoms with Gasteiger partial charge in [-0.2, -0.15) is 5.10 Å². The summed E-state index contributed by atoms with van der Waals surface area (Å²) in [5.74, 6) is -0.160. The molecule has 4 amide bonds. The van der Waals surface area contributed by atoms with Crippen molar-refractivity contribution in [2.45, 2.75) is 57.2 Å². The highest BCUT2D eigenvalue weighted by Crippen LogP contribution is 2.25. The summed E-state index contributed by atoms with van der Waals surface area (Å²) >= 11 is 0. The lowest BCUT2D eigenvalue weighted by Crippen LogP contribution is -2.54. The van der Waals surface area contributed by atoms with Crippen molar-refractivity contribution in [3.63, 3.8) is 0 Å². The fourth-order valence-corrected chi connectivity index (χ4v) is 6.34. The van der Waals surface area contributed by atoms with Gasteiger partial charge in [0, 0.05) is 56.6 Å². The molecule has 3 aromatic rings. The van der Waals surface area contributed by atoms with Gasteiger partial charge in [0.15, 0.2) is 12.3 Å². The van der Waals surface area contributed by atoms with E-state index in [0.29, 0.717) is 44.8 Å². The second-order valence-electron chi connectivity index (χ2n) is 12.5. The molecule has 6 rings (SSSR count). The molecule has 1 aliphatic carbocycles. The van der Waals surface area contributed by atoms with Crippen molar-refractivity contribution in [1.82, 2.24) is 30.2 Å². The number of carbonyl (C=O) groups is 4. The maximum absolute atomic E-state index is 13.4. The van der Waals surface area contributed by atoms with Crippen LogP contribution in [0.5, 0.6) is 11.6 Å². The molecule has 0 bridgehead atoms. The maximum atomic E-state index is 13.4. The smallest absolute Gasteiger partial charge is 0.272 e. The van der Waals surface area contributed by atoms with Crippen molar-refractivity contribution in [3.05, 3.63) is 66.4 Å². The first-order valence-corrected chi connectivity index (χ1v) is 16.7. The minimum atomic E-state index is -0.785. The number of hydrogen-bond acceptors (Lipinski definition) is 8. The van der Waals surface area contributed by atoms with E-state index in [0.717, 1.165) is 37.1 Å². The lowest BCUT2D eigenvalue weighted by molar-refractivity contribution is -0.140. The number of benzene rings is 2. The maximum Gasteiger partial charge on any atom is 0.272 e. The molecule has 2 atom stereocenters. The molecule has 0 radical (unpaired) electrons. The van der Waals surface area contributed by atoms with Crippen LogP contribution in [0.4, 0.5) is 5.69 Å². The van der Waals surface area contributed by atoms with Crippen LogP contribution in [0.1, 0.15) is 49.5 Å². The molecule has 0 spiro atoms. The Balaban J connectivity index is 1.07. The van der Waals surface area contributed by atoms with Crippen molar-refractivity contribution in [2.75, 3.05) is 51.3 Å². The zero-order valence-corrected chi connectivity index (χ0v) is 27.5. The molecule has 2 aliphatic heterocycles. The number of piperazine rings is 1. The molecule has 13 heteroatoms. The Morgan fingerprint density at radius 3 is 2.35 bits per heavy atom. The predicted octanol–water partition coefficient (Wildman–Crippen LogP) is 2.39. The Bertz CT molecular complexity index is 1620. The third-order valence-electron chi connectivity index (χ3n) is 9.31. The van der Waals surface area contributed by atoms with E-state index in [2.05, 4.69) is 20.6 Å². The molecule has 2 N–H and O–H groups in total. The van der Waals surface area contributed by atoms with Gasteiger partial charge in [-0.3, -0.25) is 19.2 Å². The molecule has 1 saturated carbocycles. The van der Waals surface area contributed by atoms with Crippen LogP contribution in [0.15, 0.2) is 60.7 Å². The van der Waals surface area contributed by atoms with Crippen molar-refractivity contribution in [2.24, 2.45) is 0 Å². The van der Waals surface area contributed by atoms with Crippen LogP contribution in [0, 0.1) is 0 Å². The van der Waals surface area contributed by atoms with E-state index in [1.807, 2.05) is 54.6 Å². The number of anilines is 1. The molecule has 2 saturated heterocycles. The van der Waals surface area contributed by atoms with Gasteiger partial charge in [0.25, 0.3) is 11.8 Å². The molecule has 13 nitrogen and oxygen atoms in total. The summed E-state index contributed by atoms with van der Waals surface area (Å²) in [7, 11) is 1.63. The highest BCUT2D eigenvalue weighted by Gasteiger charge is 2.36. The highest BCUT2D eigenvalue weighted by molar-refractivity contribution is 5.96. The van der Waals surface area contributed by atoms with Gasteiger partial charge in [0.2, 0.25) is 17.7 Å². The normalized spacial score (nSPS) is 18.5. The molecular weight excluding hydrogens is 614 g/mol.